The van der Waals surface area contributed by atoms with E-state index >= 15 is 0 Å². The van der Waals surface area contributed by atoms with Crippen LogP contribution in [0.1, 0.15) is 34.1 Å². The Morgan fingerprint density at radius 2 is 2.07 bits per heavy atom. The fourth-order valence-corrected chi connectivity index (χ4v) is 3.71. The van der Waals surface area contributed by atoms with Crippen molar-refractivity contribution in [3.8, 4) is 17.0 Å². The Kier molecular flexibility index (Phi) is 4.75. The Morgan fingerprint density at radius 3 is 2.74 bits per heavy atom. The molecule has 1 aromatic carbocycles. The normalized spacial score (nSPS) is 11.9. The minimum Gasteiger partial charge on any atom is -0.506 e. The van der Waals surface area contributed by atoms with Gasteiger partial charge in [-0.05, 0) is 30.3 Å². The van der Waals surface area contributed by atoms with Gasteiger partial charge < -0.3 is 25.1 Å². The van der Waals surface area contributed by atoms with Gasteiger partial charge in [0, 0.05) is 47.7 Å². The highest BCUT2D eigenvalue weighted by Gasteiger charge is 2.29. The topological polar surface area (TPSA) is 107 Å². The quantitative estimate of drug-likeness (QED) is 0.428. The Bertz CT molecular complexity index is 1130. The van der Waals surface area contributed by atoms with Crippen molar-refractivity contribution in [3.63, 3.8) is 0 Å². The largest absolute Gasteiger partial charge is 0.506 e. The second-order valence-corrected chi connectivity index (χ2v) is 6.56. The maximum Gasteiger partial charge on any atom is 0.345 e. The van der Waals surface area contributed by atoms with Gasteiger partial charge in [-0.2, -0.15) is 0 Å². The summed E-state index contributed by atoms with van der Waals surface area (Å²) in [7, 11) is 2.01. The van der Waals surface area contributed by atoms with E-state index in [1.165, 1.54) is 0 Å². The van der Waals surface area contributed by atoms with Crippen molar-refractivity contribution in [2.24, 2.45) is 7.05 Å². The van der Waals surface area contributed by atoms with E-state index in [4.69, 9.17) is 5.11 Å². The van der Waals surface area contributed by atoms with Gasteiger partial charge in [0.2, 0.25) is 0 Å². The average molecular weight is 390 g/mol. The van der Waals surface area contributed by atoms with E-state index in [9.17, 15) is 14.7 Å². The molecule has 142 valence electrons. The first-order valence-corrected chi connectivity index (χ1v) is 8.46. The zero-order chi connectivity index (χ0) is 18.6. The lowest BCUT2D eigenvalue weighted by molar-refractivity contribution is 0.0691. The molecular weight excluding hydrogens is 370 g/mol. The number of carboxylic acid groups (broad SMARTS) is 1. The molecule has 0 atom stereocenters. The average Bonchev–Trinajstić information content (AvgIpc) is 3.09. The van der Waals surface area contributed by atoms with Crippen LogP contribution in [0.25, 0.3) is 22.2 Å². The van der Waals surface area contributed by atoms with Gasteiger partial charge in [-0.3, -0.25) is 4.79 Å². The number of carbonyl (C=O) groups is 1. The molecule has 0 unspecified atom stereocenters. The molecule has 1 aliphatic carbocycles. The van der Waals surface area contributed by atoms with Crippen molar-refractivity contribution < 1.29 is 15.0 Å². The smallest absolute Gasteiger partial charge is 0.345 e. The lowest BCUT2D eigenvalue weighted by Crippen LogP contribution is -2.19. The molecule has 1 aliphatic rings. The molecule has 3 aromatic rings. The molecule has 0 saturated heterocycles. The number of fused-ring (bicyclic) bond motifs is 4. The second kappa shape index (κ2) is 6.75. The molecule has 0 radical (unpaired) electrons. The lowest BCUT2D eigenvalue weighted by atomic mass is 10.1. The van der Waals surface area contributed by atoms with Crippen LogP contribution in [0, 0.1) is 0 Å². The third-order valence-corrected chi connectivity index (χ3v) is 5.06. The van der Waals surface area contributed by atoms with Crippen molar-refractivity contribution in [2.45, 2.75) is 19.9 Å². The molecule has 7 nitrogen and oxygen atoms in total. The SMILES string of the molecule is CCNCc1cc2cc3c(cc2n1C)Cc1c-3[nH]c(=O)c(C(=O)O)c1O.Cl. The molecule has 0 saturated carbocycles. The third-order valence-electron chi connectivity index (χ3n) is 5.06. The number of aryl methyl sites for hydroxylation is 1. The van der Waals surface area contributed by atoms with Gasteiger partial charge in [0.25, 0.3) is 5.56 Å². The predicted octanol–water partition coefficient (Wildman–Crippen LogP) is 2.37. The van der Waals surface area contributed by atoms with Crippen LogP contribution in [0.5, 0.6) is 5.75 Å². The van der Waals surface area contributed by atoms with E-state index in [1.807, 2.05) is 19.2 Å². The minimum absolute atomic E-state index is 0. The van der Waals surface area contributed by atoms with Crippen molar-refractivity contribution in [1.82, 2.24) is 14.9 Å². The van der Waals surface area contributed by atoms with Crippen LogP contribution in [0.15, 0.2) is 23.0 Å². The number of hydrogen-bond donors (Lipinski definition) is 4. The Labute approximate surface area is 161 Å². The minimum atomic E-state index is -1.43. The van der Waals surface area contributed by atoms with Crippen LogP contribution >= 0.6 is 12.4 Å². The summed E-state index contributed by atoms with van der Waals surface area (Å²) in [6.07, 6.45) is 0.386. The standard InChI is InChI=1S/C19H19N3O4.ClH/c1-3-20-8-11-4-10-6-12-9(7-14(10)22(11)2)5-13-16(12)21-18(24)15(17(13)23)19(25)26;/h4,6-7,20H,3,5,8H2,1-2H3,(H,25,26)(H2,21,23,24);1H. The number of aromatic nitrogens is 2. The van der Waals surface area contributed by atoms with Gasteiger partial charge in [0.15, 0.2) is 5.56 Å². The van der Waals surface area contributed by atoms with E-state index in [0.29, 0.717) is 17.7 Å². The van der Waals surface area contributed by atoms with Gasteiger partial charge in [-0.25, -0.2) is 4.79 Å². The highest BCUT2D eigenvalue weighted by molar-refractivity contribution is 5.95. The van der Waals surface area contributed by atoms with Gasteiger partial charge in [-0.1, -0.05) is 6.92 Å². The number of benzene rings is 1. The number of nitrogens with one attached hydrogen (secondary N) is 2. The van der Waals surface area contributed by atoms with Gasteiger partial charge in [0.05, 0.1) is 5.69 Å². The van der Waals surface area contributed by atoms with Crippen LogP contribution in [0.4, 0.5) is 0 Å². The zero-order valence-electron chi connectivity index (χ0n) is 14.9. The number of pyridine rings is 1. The second-order valence-electron chi connectivity index (χ2n) is 6.56. The molecular formula is C19H20ClN3O4. The van der Waals surface area contributed by atoms with Crippen LogP contribution in [-0.4, -0.2) is 32.3 Å². The zero-order valence-corrected chi connectivity index (χ0v) is 15.7. The number of carboxylic acids is 1. The molecule has 0 bridgehead atoms. The molecule has 4 N–H and O–H groups in total. The van der Waals surface area contributed by atoms with E-state index < -0.39 is 22.8 Å². The number of hydrogen-bond acceptors (Lipinski definition) is 4. The third kappa shape index (κ3) is 2.79. The summed E-state index contributed by atoms with van der Waals surface area (Å²) < 4.78 is 2.12. The Morgan fingerprint density at radius 1 is 1.33 bits per heavy atom. The summed E-state index contributed by atoms with van der Waals surface area (Å²) in [6.45, 7) is 3.71. The van der Waals surface area contributed by atoms with E-state index in [0.717, 1.165) is 40.8 Å². The van der Waals surface area contributed by atoms with Crippen molar-refractivity contribution in [1.29, 1.82) is 0 Å². The van der Waals surface area contributed by atoms with Crippen LogP contribution in [-0.2, 0) is 20.0 Å². The molecule has 0 fully saturated rings. The van der Waals surface area contributed by atoms with Crippen molar-refractivity contribution >= 4 is 29.3 Å². The predicted molar refractivity (Wildman–Crippen MR) is 105 cm³/mol. The number of aromatic carboxylic acids is 1. The first-order chi connectivity index (χ1) is 12.4. The number of nitrogens with zero attached hydrogens (tertiary/aromatic N) is 1. The van der Waals surface area contributed by atoms with Crippen molar-refractivity contribution in [3.05, 3.63) is 50.9 Å². The first kappa shape index (κ1) is 19.0. The summed E-state index contributed by atoms with van der Waals surface area (Å²) in [6, 6.07) is 6.12. The summed E-state index contributed by atoms with van der Waals surface area (Å²) in [5.41, 5.74) is 3.57. The molecule has 2 aromatic heterocycles. The highest BCUT2D eigenvalue weighted by Crippen LogP contribution is 2.41. The van der Waals surface area contributed by atoms with Gasteiger partial charge in [0.1, 0.15) is 5.75 Å². The van der Waals surface area contributed by atoms with E-state index in [2.05, 4.69) is 27.9 Å². The first-order valence-electron chi connectivity index (χ1n) is 8.46. The van der Waals surface area contributed by atoms with Crippen LogP contribution < -0.4 is 10.9 Å². The fourth-order valence-electron chi connectivity index (χ4n) is 3.71. The Balaban J connectivity index is 0.00000210. The maximum absolute atomic E-state index is 12.1. The monoisotopic (exact) mass is 389 g/mol. The summed E-state index contributed by atoms with van der Waals surface area (Å²) >= 11 is 0. The molecule has 8 heteroatoms. The maximum atomic E-state index is 12.1. The van der Waals surface area contributed by atoms with Crippen molar-refractivity contribution in [2.75, 3.05) is 6.54 Å². The summed E-state index contributed by atoms with van der Waals surface area (Å²) in [5.74, 6) is -1.87. The number of rotatable bonds is 4. The molecule has 27 heavy (non-hydrogen) atoms. The van der Waals surface area contributed by atoms with E-state index in [1.54, 1.807) is 0 Å². The molecule has 0 amide bonds. The lowest BCUT2D eigenvalue weighted by Gasteiger charge is -2.06. The Hall–Kier alpha value is -2.77. The van der Waals surface area contributed by atoms with E-state index in [-0.39, 0.29) is 12.4 Å². The number of H-pyrrole nitrogens is 1. The summed E-state index contributed by atoms with van der Waals surface area (Å²) in [5, 5.41) is 23.8. The highest BCUT2D eigenvalue weighted by atomic mass is 35.5. The number of aromatic amines is 1. The molecule has 0 spiro atoms. The van der Waals surface area contributed by atoms with Gasteiger partial charge >= 0.3 is 5.97 Å². The molecule has 0 aliphatic heterocycles. The molecule has 2 heterocycles. The molecule has 4 rings (SSSR count). The van der Waals surface area contributed by atoms with Gasteiger partial charge in [-0.15, -0.1) is 12.4 Å². The van der Waals surface area contributed by atoms with Crippen LogP contribution in [0.3, 0.4) is 0 Å². The summed E-state index contributed by atoms with van der Waals surface area (Å²) in [4.78, 5) is 26.0. The number of aromatic hydroxyl groups is 1. The number of halogens is 1. The fraction of sp³-hybridized carbons (Fsp3) is 0.263. The van der Waals surface area contributed by atoms with Crippen LogP contribution in [0.2, 0.25) is 0 Å².